The summed E-state index contributed by atoms with van der Waals surface area (Å²) in [5, 5.41) is 80.6. The van der Waals surface area contributed by atoms with E-state index in [1.165, 1.54) is 35.4 Å². The van der Waals surface area contributed by atoms with Gasteiger partial charge in [0.1, 0.15) is 57.8 Å². The minimum Gasteiger partial charge on any atom is -0.508 e. The molecule has 0 saturated heterocycles. The number of phenols is 8. The van der Waals surface area contributed by atoms with Crippen molar-refractivity contribution in [2.75, 3.05) is 0 Å². The molecule has 0 aromatic heterocycles. The first kappa shape index (κ1) is 46.2. The van der Waals surface area contributed by atoms with Crippen LogP contribution in [0, 0.1) is 0 Å². The third kappa shape index (κ3) is 11.3. The van der Waals surface area contributed by atoms with Crippen molar-refractivity contribution in [3.63, 3.8) is 0 Å². The molecule has 4 aromatic rings. The second-order valence-electron chi connectivity index (χ2n) is 16.3. The van der Waals surface area contributed by atoms with Crippen LogP contribution in [0.2, 0.25) is 0 Å². The molecule has 0 fully saturated rings. The number of hydrogen-bond donors (Lipinski definition) is 8. The van der Waals surface area contributed by atoms with Gasteiger partial charge in [-0.25, -0.2) is 0 Å². The van der Waals surface area contributed by atoms with E-state index in [0.29, 0.717) is 35.1 Å². The monoisotopic (exact) mass is 848 g/mol. The van der Waals surface area contributed by atoms with Crippen LogP contribution in [0.1, 0.15) is 135 Å². The number of ketones is 2. The van der Waals surface area contributed by atoms with Crippen LogP contribution < -0.4 is 9.47 Å². The van der Waals surface area contributed by atoms with E-state index in [-0.39, 0.29) is 93.0 Å². The van der Waals surface area contributed by atoms with Gasteiger partial charge in [-0.2, -0.15) is 0 Å². The average molecular weight is 849 g/mol. The van der Waals surface area contributed by atoms with Gasteiger partial charge in [0.05, 0.1) is 12.8 Å². The van der Waals surface area contributed by atoms with Gasteiger partial charge >= 0.3 is 0 Å². The predicted octanol–water partition coefficient (Wildman–Crippen LogP) is 10.9. The van der Waals surface area contributed by atoms with E-state index in [9.17, 15) is 50.4 Å². The summed E-state index contributed by atoms with van der Waals surface area (Å²) in [7, 11) is 0. The number of rotatable bonds is 12. The molecule has 0 amide bonds. The minimum absolute atomic E-state index is 0.0358. The predicted molar refractivity (Wildman–Crippen MR) is 236 cm³/mol. The van der Waals surface area contributed by atoms with E-state index in [1.54, 1.807) is 12.1 Å². The van der Waals surface area contributed by atoms with Crippen LogP contribution in [0.3, 0.4) is 0 Å². The fraction of sp³-hybridized carbons (Fsp3) is 0.320. The number of carbonyl (C=O) groups is 2. The molecular formula is C50H56O12. The highest BCUT2D eigenvalue weighted by atomic mass is 16.5. The maximum Gasteiger partial charge on any atom is 0.174 e. The lowest BCUT2D eigenvalue weighted by molar-refractivity contribution is 0.0833. The van der Waals surface area contributed by atoms with Gasteiger partial charge in [0.2, 0.25) is 0 Å². The number of phenolic OH excluding ortho intramolecular Hbond substituents is 8. The number of Topliss-reactive ketones (excluding diaryl/α,β-unsaturated/α-hetero) is 2. The van der Waals surface area contributed by atoms with E-state index < -0.39 is 12.2 Å². The third-order valence-electron chi connectivity index (χ3n) is 10.8. The lowest BCUT2D eigenvalue weighted by atomic mass is 9.90. The fourth-order valence-corrected chi connectivity index (χ4v) is 7.44. The molecule has 62 heavy (non-hydrogen) atoms. The zero-order valence-corrected chi connectivity index (χ0v) is 36.0. The summed E-state index contributed by atoms with van der Waals surface area (Å²) >= 11 is 0. The van der Waals surface area contributed by atoms with Crippen LogP contribution >= 0.6 is 0 Å². The molecule has 2 aliphatic rings. The largest absolute Gasteiger partial charge is 0.508 e. The number of hydrogen-bond acceptors (Lipinski definition) is 12. The second-order valence-corrected chi connectivity index (χ2v) is 16.3. The lowest BCUT2D eigenvalue weighted by Gasteiger charge is -2.28. The number of ether oxygens (including phenoxy) is 2. The van der Waals surface area contributed by atoms with Crippen molar-refractivity contribution in [3.05, 3.63) is 129 Å². The zero-order valence-electron chi connectivity index (χ0n) is 36.0. The molecule has 0 bridgehead atoms. The fourth-order valence-electron chi connectivity index (χ4n) is 7.44. The Balaban J connectivity index is 0.000000234. The van der Waals surface area contributed by atoms with Gasteiger partial charge in [-0.1, -0.05) is 58.7 Å². The Hall–Kier alpha value is -6.82. The molecule has 2 heterocycles. The van der Waals surface area contributed by atoms with E-state index in [1.807, 2.05) is 26.0 Å². The van der Waals surface area contributed by atoms with Crippen molar-refractivity contribution in [2.24, 2.45) is 0 Å². The van der Waals surface area contributed by atoms with Gasteiger partial charge in [-0.05, 0) is 92.2 Å². The molecule has 12 heteroatoms. The van der Waals surface area contributed by atoms with Crippen LogP contribution in [0.25, 0.3) is 0 Å². The van der Waals surface area contributed by atoms with Crippen molar-refractivity contribution in [1.29, 1.82) is 0 Å². The quantitative estimate of drug-likeness (QED) is 0.0494. The van der Waals surface area contributed by atoms with E-state index in [4.69, 9.17) is 9.47 Å². The Kier molecular flexibility index (Phi) is 15.0. The molecule has 328 valence electrons. The molecule has 0 spiro atoms. The molecule has 12 nitrogen and oxygen atoms in total. The molecule has 8 N–H and O–H groups in total. The maximum absolute atomic E-state index is 12.7. The first-order chi connectivity index (χ1) is 29.3. The Morgan fingerprint density at radius 3 is 1.26 bits per heavy atom. The third-order valence-corrected chi connectivity index (χ3v) is 10.8. The lowest BCUT2D eigenvalue weighted by Crippen LogP contribution is -2.21. The number of allylic oxidation sites excluding steroid dienone is 8. The summed E-state index contributed by atoms with van der Waals surface area (Å²) in [6, 6.07) is 10.7. The summed E-state index contributed by atoms with van der Waals surface area (Å²) < 4.78 is 11.8. The Bertz CT molecular complexity index is 2290. The van der Waals surface area contributed by atoms with Crippen molar-refractivity contribution in [2.45, 2.75) is 105 Å². The molecule has 6 rings (SSSR count). The molecule has 2 unspecified atom stereocenters. The van der Waals surface area contributed by atoms with Gasteiger partial charge < -0.3 is 50.3 Å². The van der Waals surface area contributed by atoms with Gasteiger partial charge in [-0.15, -0.1) is 0 Å². The molecular weight excluding hydrogens is 793 g/mol. The minimum atomic E-state index is -0.720. The summed E-state index contributed by atoms with van der Waals surface area (Å²) in [5.41, 5.74) is 6.99. The first-order valence-electron chi connectivity index (χ1n) is 20.5. The molecule has 0 aliphatic carbocycles. The number of fused-ring (bicyclic) bond motifs is 2. The molecule has 2 atom stereocenters. The molecule has 0 radical (unpaired) electrons. The molecule has 0 saturated carbocycles. The van der Waals surface area contributed by atoms with Crippen LogP contribution in [-0.2, 0) is 12.8 Å². The van der Waals surface area contributed by atoms with Crippen molar-refractivity contribution in [3.8, 4) is 57.5 Å². The Labute approximate surface area is 361 Å². The van der Waals surface area contributed by atoms with E-state index >= 15 is 0 Å². The Morgan fingerprint density at radius 1 is 0.532 bits per heavy atom. The van der Waals surface area contributed by atoms with Crippen molar-refractivity contribution in [1.82, 2.24) is 0 Å². The average Bonchev–Trinajstić information content (AvgIpc) is 3.18. The number of aromatic hydroxyl groups is 8. The standard InChI is InChI=1S/2C25H28O6/c2*1-14(2)5-4-6-15(3)7-8-18-17(9-10-19(27)25(18)30)22-13-21(29)24-20(28)11-16(26)12-23(24)31-22/h2*5,7,9-12,22,26-28,30H,4,6,8,13H2,1-3H3/b2*15-7+. The van der Waals surface area contributed by atoms with Gasteiger partial charge in [0, 0.05) is 46.5 Å². The summed E-state index contributed by atoms with van der Waals surface area (Å²) in [6.45, 7) is 12.2. The van der Waals surface area contributed by atoms with E-state index in [2.05, 4.69) is 39.8 Å². The smallest absolute Gasteiger partial charge is 0.174 e. The van der Waals surface area contributed by atoms with Crippen molar-refractivity contribution >= 4 is 11.6 Å². The highest BCUT2D eigenvalue weighted by molar-refractivity contribution is 6.03. The van der Waals surface area contributed by atoms with Gasteiger partial charge in [-0.3, -0.25) is 9.59 Å². The van der Waals surface area contributed by atoms with Crippen LogP contribution in [-0.4, -0.2) is 52.4 Å². The van der Waals surface area contributed by atoms with Gasteiger partial charge in [0.25, 0.3) is 0 Å². The van der Waals surface area contributed by atoms with Crippen LogP contribution in [0.5, 0.6) is 57.5 Å². The zero-order chi connectivity index (χ0) is 45.4. The van der Waals surface area contributed by atoms with Crippen molar-refractivity contribution < 1.29 is 59.9 Å². The first-order valence-corrected chi connectivity index (χ1v) is 20.5. The maximum atomic E-state index is 12.7. The summed E-state index contributed by atoms with van der Waals surface area (Å²) in [4.78, 5) is 25.3. The highest BCUT2D eigenvalue weighted by Gasteiger charge is 2.34. The normalized spacial score (nSPS) is 15.9. The summed E-state index contributed by atoms with van der Waals surface area (Å²) in [5.74, 6) is -2.54. The van der Waals surface area contributed by atoms with Crippen LogP contribution in [0.4, 0.5) is 0 Å². The number of carbonyl (C=O) groups excluding carboxylic acids is 2. The van der Waals surface area contributed by atoms with E-state index in [0.717, 1.165) is 49.0 Å². The SMILES string of the molecule is CC(C)=CCC/C(C)=C/Cc1c(C2CC(=O)c3c(O)cc(O)cc3O2)ccc(O)c1O.CC(C)=CCC/C(C)=C/Cc1c(C2CC(=O)c3c(O)cc(O)cc3O2)ccc(O)c1O. The molecule has 4 aromatic carbocycles. The summed E-state index contributed by atoms with van der Waals surface area (Å²) in [6.07, 6.45) is 11.1. The second kappa shape index (κ2) is 20.2. The van der Waals surface area contributed by atoms with Gasteiger partial charge in [0.15, 0.2) is 34.6 Å². The Morgan fingerprint density at radius 2 is 0.903 bits per heavy atom. The highest BCUT2D eigenvalue weighted by Crippen LogP contribution is 2.46. The molecule has 2 aliphatic heterocycles. The topological polar surface area (TPSA) is 214 Å². The number of benzene rings is 4. The van der Waals surface area contributed by atoms with Crippen LogP contribution in [0.15, 0.2) is 95.1 Å².